The van der Waals surface area contributed by atoms with E-state index < -0.39 is 22.8 Å². The lowest BCUT2D eigenvalue weighted by atomic mass is 9.72. The summed E-state index contributed by atoms with van der Waals surface area (Å²) in [6.45, 7) is 3.79. The van der Waals surface area contributed by atoms with Crippen molar-refractivity contribution in [2.75, 3.05) is 13.2 Å². The van der Waals surface area contributed by atoms with Crippen molar-refractivity contribution < 1.29 is 23.9 Å². The summed E-state index contributed by atoms with van der Waals surface area (Å²) in [5.41, 5.74) is -1.06. The van der Waals surface area contributed by atoms with Crippen molar-refractivity contribution in [3.05, 3.63) is 71.8 Å². The summed E-state index contributed by atoms with van der Waals surface area (Å²) in [5, 5.41) is 0. The Kier molecular flexibility index (Phi) is 6.70. The normalized spacial score (nSPS) is 23.2. The number of rotatable bonds is 8. The molecule has 0 spiro atoms. The Labute approximate surface area is 177 Å². The van der Waals surface area contributed by atoms with Gasteiger partial charge in [0.15, 0.2) is 5.78 Å². The average Bonchev–Trinajstić information content (AvgIpc) is 3.04. The number of hydrogen-bond acceptors (Lipinski definition) is 5. The first kappa shape index (κ1) is 21.8. The zero-order chi connectivity index (χ0) is 21.6. The Hall–Kier alpha value is -2.95. The number of ketones is 1. The second-order valence-corrected chi connectivity index (χ2v) is 7.76. The van der Waals surface area contributed by atoms with E-state index in [1.54, 1.807) is 13.8 Å². The molecular weight excluding hydrogens is 380 g/mol. The van der Waals surface area contributed by atoms with Crippen LogP contribution in [0.4, 0.5) is 0 Å². The van der Waals surface area contributed by atoms with E-state index in [-0.39, 0.29) is 44.7 Å². The minimum absolute atomic E-state index is 0.174. The molecule has 0 unspecified atom stereocenters. The van der Waals surface area contributed by atoms with Gasteiger partial charge in [-0.1, -0.05) is 60.7 Å². The summed E-state index contributed by atoms with van der Waals surface area (Å²) in [7, 11) is 0. The van der Waals surface area contributed by atoms with Crippen LogP contribution in [-0.2, 0) is 36.7 Å². The molecule has 0 heterocycles. The Bertz CT molecular complexity index is 819. The van der Waals surface area contributed by atoms with E-state index in [1.165, 1.54) is 0 Å². The lowest BCUT2D eigenvalue weighted by Crippen LogP contribution is -2.48. The number of esters is 2. The first-order valence-electron chi connectivity index (χ1n) is 10.5. The predicted molar refractivity (Wildman–Crippen MR) is 113 cm³/mol. The highest BCUT2D eigenvalue weighted by atomic mass is 16.5. The molecule has 0 bridgehead atoms. The average molecular weight is 408 g/mol. The molecule has 30 heavy (non-hydrogen) atoms. The molecule has 1 saturated carbocycles. The molecule has 2 aromatic rings. The SMILES string of the molecule is CCOC(=O)[C@@]1(Cc2ccccc2)CC[C@](Cc2ccccc2)(C(=O)OCC)C1=O. The van der Waals surface area contributed by atoms with Crippen LogP contribution in [-0.4, -0.2) is 30.9 Å². The van der Waals surface area contributed by atoms with Gasteiger partial charge in [-0.3, -0.25) is 14.4 Å². The van der Waals surface area contributed by atoms with Crippen LogP contribution >= 0.6 is 0 Å². The largest absolute Gasteiger partial charge is 0.465 e. The highest BCUT2D eigenvalue weighted by molar-refractivity contribution is 6.16. The van der Waals surface area contributed by atoms with Crippen LogP contribution in [0.5, 0.6) is 0 Å². The van der Waals surface area contributed by atoms with Crippen molar-refractivity contribution in [2.24, 2.45) is 10.8 Å². The number of hydrogen-bond donors (Lipinski definition) is 0. The minimum Gasteiger partial charge on any atom is -0.465 e. The van der Waals surface area contributed by atoms with E-state index >= 15 is 0 Å². The Morgan fingerprint density at radius 1 is 0.733 bits per heavy atom. The summed E-state index contributed by atoms with van der Waals surface area (Å²) in [6.07, 6.45) is 0.930. The number of benzene rings is 2. The maximum atomic E-state index is 14.0. The third-order valence-electron chi connectivity index (χ3n) is 5.88. The third kappa shape index (κ3) is 4.02. The van der Waals surface area contributed by atoms with Gasteiger partial charge in [-0.25, -0.2) is 0 Å². The zero-order valence-corrected chi connectivity index (χ0v) is 17.6. The molecular formula is C25H28O5. The molecule has 0 aromatic heterocycles. The summed E-state index contributed by atoms with van der Waals surface area (Å²) >= 11 is 0. The molecule has 1 aliphatic rings. The van der Waals surface area contributed by atoms with Crippen molar-refractivity contribution in [2.45, 2.75) is 39.5 Å². The second kappa shape index (κ2) is 9.24. The van der Waals surface area contributed by atoms with Gasteiger partial charge in [0.05, 0.1) is 13.2 Å². The van der Waals surface area contributed by atoms with Gasteiger partial charge < -0.3 is 9.47 Å². The fourth-order valence-electron chi connectivity index (χ4n) is 4.41. The van der Waals surface area contributed by atoms with Crippen LogP contribution in [0.1, 0.15) is 37.8 Å². The van der Waals surface area contributed by atoms with Crippen molar-refractivity contribution in [1.29, 1.82) is 0 Å². The molecule has 2 aromatic carbocycles. The van der Waals surface area contributed by atoms with Gasteiger partial charge in [-0.15, -0.1) is 0 Å². The maximum Gasteiger partial charge on any atom is 0.320 e. The molecule has 5 nitrogen and oxygen atoms in total. The Morgan fingerprint density at radius 3 is 1.43 bits per heavy atom. The number of carbonyl (C=O) groups is 3. The van der Waals surface area contributed by atoms with Gasteiger partial charge in [0.1, 0.15) is 10.8 Å². The lowest BCUT2D eigenvalue weighted by molar-refractivity contribution is -0.165. The monoisotopic (exact) mass is 408 g/mol. The van der Waals surface area contributed by atoms with Gasteiger partial charge >= 0.3 is 11.9 Å². The summed E-state index contributed by atoms with van der Waals surface area (Å²) < 4.78 is 10.7. The van der Waals surface area contributed by atoms with Gasteiger partial charge in [0.2, 0.25) is 0 Å². The molecule has 0 aliphatic heterocycles. The fraction of sp³-hybridized carbons (Fsp3) is 0.400. The van der Waals surface area contributed by atoms with Crippen LogP contribution in [0, 0.1) is 10.8 Å². The van der Waals surface area contributed by atoms with Crippen molar-refractivity contribution >= 4 is 17.7 Å². The van der Waals surface area contributed by atoms with Crippen LogP contribution in [0.15, 0.2) is 60.7 Å². The Balaban J connectivity index is 2.05. The van der Waals surface area contributed by atoms with Crippen molar-refractivity contribution in [3.63, 3.8) is 0 Å². The van der Waals surface area contributed by atoms with Crippen molar-refractivity contribution in [3.8, 4) is 0 Å². The van der Waals surface area contributed by atoms with Crippen LogP contribution in [0.25, 0.3) is 0 Å². The van der Waals surface area contributed by atoms with E-state index in [4.69, 9.17) is 9.47 Å². The topological polar surface area (TPSA) is 69.7 Å². The molecule has 158 valence electrons. The first-order valence-corrected chi connectivity index (χ1v) is 10.5. The highest BCUT2D eigenvalue weighted by Gasteiger charge is 2.64. The van der Waals surface area contributed by atoms with Crippen molar-refractivity contribution in [1.82, 2.24) is 0 Å². The molecule has 1 fully saturated rings. The standard InChI is InChI=1S/C25H28O5/c1-3-29-22(27)24(17-19-11-7-5-8-12-19)15-16-25(21(24)26,23(28)30-4-2)18-20-13-9-6-10-14-20/h5-14H,3-4,15-18H2,1-2H3/t24-,25-/m1/s1. The van der Waals surface area contributed by atoms with Gasteiger partial charge in [-0.05, 0) is 50.7 Å². The molecule has 2 atom stereocenters. The first-order chi connectivity index (χ1) is 14.5. The fourth-order valence-corrected chi connectivity index (χ4v) is 4.41. The smallest absolute Gasteiger partial charge is 0.320 e. The molecule has 0 N–H and O–H groups in total. The van der Waals surface area contributed by atoms with E-state index in [1.807, 2.05) is 60.7 Å². The van der Waals surface area contributed by atoms with E-state index in [9.17, 15) is 14.4 Å². The molecule has 0 radical (unpaired) electrons. The van der Waals surface area contributed by atoms with Gasteiger partial charge in [0.25, 0.3) is 0 Å². The molecule has 3 rings (SSSR count). The summed E-state index contributed by atoms with van der Waals surface area (Å²) in [4.78, 5) is 40.2. The van der Waals surface area contributed by atoms with Gasteiger partial charge in [-0.2, -0.15) is 0 Å². The number of carbonyl (C=O) groups excluding carboxylic acids is 3. The molecule has 1 aliphatic carbocycles. The van der Waals surface area contributed by atoms with Gasteiger partial charge in [0, 0.05) is 0 Å². The van der Waals surface area contributed by atoms with Crippen LogP contribution < -0.4 is 0 Å². The number of ether oxygens (including phenoxy) is 2. The summed E-state index contributed by atoms with van der Waals surface area (Å²) in [5.74, 6) is -1.50. The van der Waals surface area contributed by atoms with E-state index in [2.05, 4.69) is 0 Å². The zero-order valence-electron chi connectivity index (χ0n) is 17.6. The molecule has 0 amide bonds. The molecule has 0 saturated heterocycles. The maximum absolute atomic E-state index is 14.0. The quantitative estimate of drug-likeness (QED) is 0.489. The predicted octanol–water partition coefficient (Wildman–Crippen LogP) is 3.93. The summed E-state index contributed by atoms with van der Waals surface area (Å²) in [6, 6.07) is 18.8. The number of Topliss-reactive ketones (excluding diaryl/α,β-unsaturated/α-hetero) is 1. The highest BCUT2D eigenvalue weighted by Crippen LogP contribution is 2.51. The lowest BCUT2D eigenvalue weighted by Gasteiger charge is -2.30. The second-order valence-electron chi connectivity index (χ2n) is 7.76. The third-order valence-corrected chi connectivity index (χ3v) is 5.88. The van der Waals surface area contributed by atoms with Crippen LogP contribution in [0.2, 0.25) is 0 Å². The Morgan fingerprint density at radius 2 is 1.10 bits per heavy atom. The van der Waals surface area contributed by atoms with Crippen LogP contribution in [0.3, 0.4) is 0 Å². The molecule has 5 heteroatoms. The van der Waals surface area contributed by atoms with E-state index in [0.717, 1.165) is 11.1 Å². The minimum atomic E-state index is -1.39. The van der Waals surface area contributed by atoms with E-state index in [0.29, 0.717) is 0 Å².